The molecule has 3 aromatic rings. The highest BCUT2D eigenvalue weighted by atomic mass is 16.2. The van der Waals surface area contributed by atoms with E-state index in [2.05, 4.69) is 57.9 Å². The van der Waals surface area contributed by atoms with Gasteiger partial charge in [-0.3, -0.25) is 14.8 Å². The second-order valence-corrected chi connectivity index (χ2v) is 11.4. The van der Waals surface area contributed by atoms with Crippen molar-refractivity contribution in [3.63, 3.8) is 0 Å². The lowest BCUT2D eigenvalue weighted by atomic mass is 9.82. The smallest absolute Gasteiger partial charge is 0.254 e. The summed E-state index contributed by atoms with van der Waals surface area (Å²) >= 11 is 0. The van der Waals surface area contributed by atoms with Crippen LogP contribution < -0.4 is 0 Å². The van der Waals surface area contributed by atoms with Crippen molar-refractivity contribution < 1.29 is 4.79 Å². The maximum atomic E-state index is 13.5. The number of aryl methyl sites for hydroxylation is 1. The minimum Gasteiger partial charge on any atom is -0.367 e. The minimum atomic E-state index is 0.0688. The van der Waals surface area contributed by atoms with E-state index < -0.39 is 0 Å². The first-order chi connectivity index (χ1) is 19.0. The summed E-state index contributed by atoms with van der Waals surface area (Å²) in [5.74, 6) is 1.13. The predicted molar refractivity (Wildman–Crippen MR) is 152 cm³/mol. The molecular weight excluding hydrogens is 484 g/mol. The second kappa shape index (κ2) is 9.70. The van der Waals surface area contributed by atoms with E-state index in [4.69, 9.17) is 4.98 Å². The zero-order chi connectivity index (χ0) is 26.5. The monoisotopic (exact) mass is 518 g/mol. The number of hydrogen-bond acceptors (Lipinski definition) is 6. The van der Waals surface area contributed by atoms with Gasteiger partial charge in [0.15, 0.2) is 0 Å². The van der Waals surface area contributed by atoms with Gasteiger partial charge >= 0.3 is 0 Å². The molecule has 2 fully saturated rings. The highest BCUT2D eigenvalue weighted by Crippen LogP contribution is 2.39. The van der Waals surface area contributed by atoms with E-state index in [1.165, 1.54) is 24.0 Å². The molecule has 4 heterocycles. The van der Waals surface area contributed by atoms with Crippen molar-refractivity contribution in [2.24, 2.45) is 16.1 Å². The van der Waals surface area contributed by atoms with Crippen molar-refractivity contribution in [3.8, 4) is 0 Å². The first-order valence-corrected chi connectivity index (χ1v) is 14.2. The molecule has 7 heteroatoms. The van der Waals surface area contributed by atoms with E-state index in [1.807, 2.05) is 29.3 Å². The Bertz CT molecular complexity index is 1510. The summed E-state index contributed by atoms with van der Waals surface area (Å²) in [5, 5.41) is 9.97. The fourth-order valence-electron chi connectivity index (χ4n) is 6.39. The maximum absolute atomic E-state index is 13.5. The van der Waals surface area contributed by atoms with Crippen LogP contribution in [0.4, 0.5) is 0 Å². The van der Waals surface area contributed by atoms with Gasteiger partial charge in [0, 0.05) is 60.6 Å². The molecule has 1 amide bonds. The van der Waals surface area contributed by atoms with Gasteiger partial charge < -0.3 is 9.80 Å². The topological polar surface area (TPSA) is 74.1 Å². The number of carbonyl (C=O) groups is 1. The summed E-state index contributed by atoms with van der Waals surface area (Å²) in [4.78, 5) is 27.4. The van der Waals surface area contributed by atoms with Crippen molar-refractivity contribution in [2.45, 2.75) is 51.0 Å². The quantitative estimate of drug-likeness (QED) is 0.440. The molecule has 1 aromatic carbocycles. The molecule has 4 aliphatic rings. The molecule has 2 aromatic heterocycles. The van der Waals surface area contributed by atoms with Gasteiger partial charge in [-0.05, 0) is 86.4 Å². The van der Waals surface area contributed by atoms with Crippen molar-refractivity contribution in [2.75, 3.05) is 26.2 Å². The van der Waals surface area contributed by atoms with E-state index >= 15 is 0 Å². The Labute approximate surface area is 229 Å². The average molecular weight is 519 g/mol. The van der Waals surface area contributed by atoms with Crippen LogP contribution in [0.2, 0.25) is 0 Å². The molecule has 1 saturated carbocycles. The molecule has 0 radical (unpaired) electrons. The van der Waals surface area contributed by atoms with Crippen LogP contribution >= 0.6 is 0 Å². The van der Waals surface area contributed by atoms with Crippen molar-refractivity contribution in [3.05, 3.63) is 94.7 Å². The lowest BCUT2D eigenvalue weighted by molar-refractivity contribution is 0.0672. The van der Waals surface area contributed by atoms with Crippen LogP contribution in [0.3, 0.4) is 0 Å². The number of fused-ring (bicyclic) bond motifs is 2. The van der Waals surface area contributed by atoms with Gasteiger partial charge in [0.1, 0.15) is 5.70 Å². The summed E-state index contributed by atoms with van der Waals surface area (Å²) in [6.07, 6.45) is 9.54. The summed E-state index contributed by atoms with van der Waals surface area (Å²) in [5.41, 5.74) is 8.40. The van der Waals surface area contributed by atoms with Crippen LogP contribution in [0.1, 0.15) is 58.1 Å². The largest absolute Gasteiger partial charge is 0.367 e. The molecule has 0 spiro atoms. The summed E-state index contributed by atoms with van der Waals surface area (Å²) < 4.78 is 0. The molecule has 2 aliphatic carbocycles. The van der Waals surface area contributed by atoms with Gasteiger partial charge in [-0.2, -0.15) is 10.2 Å². The van der Waals surface area contributed by atoms with Crippen molar-refractivity contribution in [1.29, 1.82) is 0 Å². The van der Waals surface area contributed by atoms with E-state index in [0.29, 0.717) is 30.5 Å². The van der Waals surface area contributed by atoms with E-state index in [1.54, 1.807) is 0 Å². The number of pyridine rings is 2. The maximum Gasteiger partial charge on any atom is 0.254 e. The van der Waals surface area contributed by atoms with Gasteiger partial charge in [-0.15, -0.1) is 0 Å². The molecule has 2 atom stereocenters. The van der Waals surface area contributed by atoms with Crippen LogP contribution in [0.5, 0.6) is 0 Å². The van der Waals surface area contributed by atoms with Gasteiger partial charge in [0.2, 0.25) is 0 Å². The Hall–Kier alpha value is -3.87. The van der Waals surface area contributed by atoms with Crippen molar-refractivity contribution >= 4 is 16.8 Å². The molecule has 198 valence electrons. The average Bonchev–Trinajstić information content (AvgIpc) is 3.72. The number of hydrogen-bond donors (Lipinski definition) is 0. The number of nitrogens with zero attached hydrogens (tertiary/aromatic N) is 6. The number of amides is 1. The number of rotatable bonds is 5. The Kier molecular flexibility index (Phi) is 6.02. The standard InChI is InChI=1S/C32H34N6O/c1-20-25-10-8-23(27-5-3-4-12-33-27)17-30(25)34-31-18-24(9-11-26(20)31)32(39)38-15-13-37(14-16-38)21(2)28-19-29(36-35-28)22-6-7-22/h3-5,9,11-12,18-19,22-23,29H,2,6-8,10,13-17H2,1H3. The summed E-state index contributed by atoms with van der Waals surface area (Å²) in [7, 11) is 0. The number of aromatic nitrogens is 2. The van der Waals surface area contributed by atoms with Gasteiger partial charge in [-0.25, -0.2) is 0 Å². The fourth-order valence-corrected chi connectivity index (χ4v) is 6.39. The second-order valence-electron chi connectivity index (χ2n) is 11.4. The van der Waals surface area contributed by atoms with E-state index in [9.17, 15) is 4.79 Å². The number of benzene rings is 1. The SMILES string of the molecule is C=C(C1=CC(C2CC2)N=N1)N1CCN(C(=O)c2ccc3c(C)c4c(nc3c2)CC(c2ccccn2)CC4)CC1. The fraction of sp³-hybridized carbons (Fsp3) is 0.406. The minimum absolute atomic E-state index is 0.0688. The normalized spacial score (nSPS) is 22.6. The van der Waals surface area contributed by atoms with Gasteiger partial charge in [0.25, 0.3) is 5.91 Å². The third-order valence-corrected chi connectivity index (χ3v) is 8.97. The first-order valence-electron chi connectivity index (χ1n) is 14.2. The molecule has 2 unspecified atom stereocenters. The van der Waals surface area contributed by atoms with Gasteiger partial charge in [0.05, 0.1) is 17.3 Å². The molecular formula is C32H34N6O. The van der Waals surface area contributed by atoms with Crippen LogP contribution in [0, 0.1) is 12.8 Å². The predicted octanol–water partition coefficient (Wildman–Crippen LogP) is 5.61. The van der Waals surface area contributed by atoms with E-state index in [0.717, 1.165) is 66.0 Å². The van der Waals surface area contributed by atoms with Crippen LogP contribution in [-0.2, 0) is 12.8 Å². The summed E-state index contributed by atoms with van der Waals surface area (Å²) in [6, 6.07) is 12.4. The Morgan fingerprint density at radius 2 is 1.85 bits per heavy atom. The number of carbonyl (C=O) groups excluding carboxylic acids is 1. The van der Waals surface area contributed by atoms with Gasteiger partial charge in [-0.1, -0.05) is 18.7 Å². The van der Waals surface area contributed by atoms with Crippen LogP contribution in [0.15, 0.2) is 76.9 Å². The Balaban J connectivity index is 1.05. The number of piperazine rings is 1. The molecule has 7 rings (SSSR count). The summed E-state index contributed by atoms with van der Waals surface area (Å²) in [6.45, 7) is 9.31. The molecule has 2 aliphatic heterocycles. The number of azo groups is 1. The molecule has 0 N–H and O–H groups in total. The Morgan fingerprint density at radius 1 is 1.03 bits per heavy atom. The third kappa shape index (κ3) is 4.54. The lowest BCUT2D eigenvalue weighted by Crippen LogP contribution is -2.48. The molecule has 7 nitrogen and oxygen atoms in total. The van der Waals surface area contributed by atoms with E-state index in [-0.39, 0.29) is 11.9 Å². The molecule has 1 saturated heterocycles. The van der Waals surface area contributed by atoms with Crippen molar-refractivity contribution in [1.82, 2.24) is 19.8 Å². The van der Waals surface area contributed by atoms with Crippen LogP contribution in [-0.4, -0.2) is 57.9 Å². The Morgan fingerprint density at radius 3 is 2.62 bits per heavy atom. The highest BCUT2D eigenvalue weighted by Gasteiger charge is 2.34. The third-order valence-electron chi connectivity index (χ3n) is 8.97. The lowest BCUT2D eigenvalue weighted by Gasteiger charge is -2.36. The zero-order valence-corrected chi connectivity index (χ0v) is 22.5. The molecule has 0 bridgehead atoms. The highest BCUT2D eigenvalue weighted by molar-refractivity contribution is 5.98. The zero-order valence-electron chi connectivity index (χ0n) is 22.5. The first kappa shape index (κ1) is 24.2. The van der Waals surface area contributed by atoms with Crippen LogP contribution in [0.25, 0.3) is 10.9 Å². The molecule has 39 heavy (non-hydrogen) atoms.